The summed E-state index contributed by atoms with van der Waals surface area (Å²) < 4.78 is 25.9. The van der Waals surface area contributed by atoms with Gasteiger partial charge in [-0.1, -0.05) is 0 Å². The van der Waals surface area contributed by atoms with Crippen molar-refractivity contribution in [3.8, 4) is 0 Å². The first-order chi connectivity index (χ1) is 5.70. The molecule has 0 spiro atoms. The molecule has 2 nitrogen and oxygen atoms in total. The van der Waals surface area contributed by atoms with Gasteiger partial charge in [0, 0.05) is 17.6 Å². The van der Waals surface area contributed by atoms with Gasteiger partial charge in [0.15, 0.2) is 11.6 Å². The van der Waals surface area contributed by atoms with E-state index in [-0.39, 0.29) is 0 Å². The zero-order valence-corrected chi connectivity index (χ0v) is 6.07. The third-order valence-corrected chi connectivity index (χ3v) is 1.78. The SMILES string of the molecule is Nc1c(F)cc2[nH]ccc2c1F. The molecule has 0 fully saturated rings. The van der Waals surface area contributed by atoms with Gasteiger partial charge in [-0.05, 0) is 6.07 Å². The van der Waals surface area contributed by atoms with Crippen molar-refractivity contribution in [3.63, 3.8) is 0 Å². The van der Waals surface area contributed by atoms with Crippen LogP contribution in [-0.4, -0.2) is 4.98 Å². The van der Waals surface area contributed by atoms with Gasteiger partial charge >= 0.3 is 0 Å². The lowest BCUT2D eigenvalue weighted by Gasteiger charge is -1.98. The minimum absolute atomic E-state index is 0.314. The van der Waals surface area contributed by atoms with Crippen LogP contribution in [0.25, 0.3) is 10.9 Å². The molecule has 0 saturated carbocycles. The lowest BCUT2D eigenvalue weighted by molar-refractivity contribution is 0.600. The summed E-state index contributed by atoms with van der Waals surface area (Å²) in [4.78, 5) is 2.69. The Morgan fingerprint density at radius 3 is 2.83 bits per heavy atom. The predicted octanol–water partition coefficient (Wildman–Crippen LogP) is 2.03. The summed E-state index contributed by atoms with van der Waals surface area (Å²) >= 11 is 0. The molecule has 0 bridgehead atoms. The average Bonchev–Trinajstić information content (AvgIpc) is 2.48. The molecule has 12 heavy (non-hydrogen) atoms. The summed E-state index contributed by atoms with van der Waals surface area (Å²) in [7, 11) is 0. The van der Waals surface area contributed by atoms with E-state index in [0.717, 1.165) is 0 Å². The maximum Gasteiger partial charge on any atom is 0.158 e. The number of H-pyrrole nitrogens is 1. The fraction of sp³-hybridized carbons (Fsp3) is 0. The van der Waals surface area contributed by atoms with E-state index in [1.54, 1.807) is 0 Å². The van der Waals surface area contributed by atoms with Crippen molar-refractivity contribution in [1.82, 2.24) is 4.98 Å². The number of benzene rings is 1. The fourth-order valence-electron chi connectivity index (χ4n) is 1.15. The summed E-state index contributed by atoms with van der Waals surface area (Å²) in [5.74, 6) is -1.44. The van der Waals surface area contributed by atoms with Crippen LogP contribution in [0.2, 0.25) is 0 Å². The smallest absolute Gasteiger partial charge is 0.158 e. The number of nitrogen functional groups attached to an aromatic ring is 1. The molecule has 2 rings (SSSR count). The highest BCUT2D eigenvalue weighted by atomic mass is 19.1. The molecule has 0 amide bonds. The number of nitrogens with one attached hydrogen (secondary N) is 1. The summed E-state index contributed by atoms with van der Waals surface area (Å²) in [6.45, 7) is 0. The molecule has 2 aromatic rings. The monoisotopic (exact) mass is 168 g/mol. The molecule has 0 radical (unpaired) electrons. The van der Waals surface area contributed by atoms with Crippen molar-refractivity contribution in [3.05, 3.63) is 30.0 Å². The van der Waals surface area contributed by atoms with Crippen molar-refractivity contribution in [2.45, 2.75) is 0 Å². The molecule has 0 unspecified atom stereocenters. The molecule has 1 aromatic carbocycles. The Morgan fingerprint density at radius 2 is 2.08 bits per heavy atom. The molecule has 4 heteroatoms. The molecule has 0 aliphatic rings. The summed E-state index contributed by atoms with van der Waals surface area (Å²) in [5.41, 5.74) is 5.13. The van der Waals surface area contributed by atoms with Crippen LogP contribution in [0.15, 0.2) is 18.3 Å². The molecule has 0 aliphatic carbocycles. The third kappa shape index (κ3) is 0.777. The second kappa shape index (κ2) is 2.20. The third-order valence-electron chi connectivity index (χ3n) is 1.78. The summed E-state index contributed by atoms with van der Waals surface area (Å²) in [6, 6.07) is 2.69. The Balaban J connectivity index is 2.94. The van der Waals surface area contributed by atoms with Crippen LogP contribution in [0.1, 0.15) is 0 Å². The number of fused-ring (bicyclic) bond motifs is 1. The van der Waals surface area contributed by atoms with Crippen LogP contribution < -0.4 is 5.73 Å². The molecular weight excluding hydrogens is 162 g/mol. The highest BCUT2D eigenvalue weighted by Gasteiger charge is 2.10. The van der Waals surface area contributed by atoms with Crippen LogP contribution >= 0.6 is 0 Å². The van der Waals surface area contributed by atoms with Crippen molar-refractivity contribution >= 4 is 16.6 Å². The fourth-order valence-corrected chi connectivity index (χ4v) is 1.15. The number of hydrogen-bond donors (Lipinski definition) is 2. The van der Waals surface area contributed by atoms with Crippen LogP contribution in [-0.2, 0) is 0 Å². The van der Waals surface area contributed by atoms with E-state index in [1.807, 2.05) is 0 Å². The lowest BCUT2D eigenvalue weighted by atomic mass is 10.2. The van der Waals surface area contributed by atoms with Crippen molar-refractivity contribution in [2.75, 3.05) is 5.73 Å². The number of aromatic amines is 1. The van der Waals surface area contributed by atoms with Gasteiger partial charge in [0.2, 0.25) is 0 Å². The Labute approximate surface area is 67.0 Å². The Bertz CT molecular complexity index is 434. The van der Waals surface area contributed by atoms with E-state index < -0.39 is 17.3 Å². The van der Waals surface area contributed by atoms with Gasteiger partial charge in [-0.3, -0.25) is 0 Å². The molecular formula is C8H6F2N2. The molecule has 62 valence electrons. The molecule has 3 N–H and O–H groups in total. The Morgan fingerprint density at radius 1 is 1.33 bits per heavy atom. The maximum atomic E-state index is 13.1. The minimum Gasteiger partial charge on any atom is -0.394 e. The molecule has 0 saturated heterocycles. The van der Waals surface area contributed by atoms with Gasteiger partial charge in [0.05, 0.1) is 5.52 Å². The zero-order chi connectivity index (χ0) is 8.72. The van der Waals surface area contributed by atoms with Gasteiger partial charge in [0.1, 0.15) is 5.69 Å². The normalized spacial score (nSPS) is 10.8. The van der Waals surface area contributed by atoms with Gasteiger partial charge in [-0.15, -0.1) is 0 Å². The van der Waals surface area contributed by atoms with E-state index in [2.05, 4.69) is 4.98 Å². The first kappa shape index (κ1) is 7.09. The van der Waals surface area contributed by atoms with Crippen LogP contribution in [0.3, 0.4) is 0 Å². The van der Waals surface area contributed by atoms with E-state index in [4.69, 9.17) is 5.73 Å². The van der Waals surface area contributed by atoms with E-state index in [0.29, 0.717) is 10.9 Å². The standard InChI is InChI=1S/C8H6F2N2/c9-5-3-6-4(1-2-12-6)7(10)8(5)11/h1-3,12H,11H2. The average molecular weight is 168 g/mol. The first-order valence-electron chi connectivity index (χ1n) is 3.40. The number of nitrogens with two attached hydrogens (primary N) is 1. The van der Waals surface area contributed by atoms with Crippen molar-refractivity contribution in [1.29, 1.82) is 0 Å². The molecule has 0 atom stereocenters. The second-order valence-electron chi connectivity index (χ2n) is 2.52. The quantitative estimate of drug-likeness (QED) is 0.580. The highest BCUT2D eigenvalue weighted by Crippen LogP contribution is 2.24. The molecule has 1 heterocycles. The van der Waals surface area contributed by atoms with E-state index in [1.165, 1.54) is 18.3 Å². The van der Waals surface area contributed by atoms with E-state index >= 15 is 0 Å². The molecule has 1 aromatic heterocycles. The van der Waals surface area contributed by atoms with Gasteiger partial charge in [-0.2, -0.15) is 0 Å². The van der Waals surface area contributed by atoms with Crippen LogP contribution in [0.4, 0.5) is 14.5 Å². The minimum atomic E-state index is -0.734. The lowest BCUT2D eigenvalue weighted by Crippen LogP contribution is -1.95. The maximum absolute atomic E-state index is 13.1. The topological polar surface area (TPSA) is 41.8 Å². The van der Waals surface area contributed by atoms with Crippen molar-refractivity contribution < 1.29 is 8.78 Å². The van der Waals surface area contributed by atoms with Gasteiger partial charge < -0.3 is 10.7 Å². The Hall–Kier alpha value is -1.58. The van der Waals surface area contributed by atoms with Gasteiger partial charge in [0.25, 0.3) is 0 Å². The highest BCUT2D eigenvalue weighted by molar-refractivity contribution is 5.83. The number of halogens is 2. The second-order valence-corrected chi connectivity index (χ2v) is 2.52. The molecule has 0 aliphatic heterocycles. The number of rotatable bonds is 0. The number of aromatic nitrogens is 1. The van der Waals surface area contributed by atoms with Gasteiger partial charge in [-0.25, -0.2) is 8.78 Å². The van der Waals surface area contributed by atoms with E-state index in [9.17, 15) is 8.78 Å². The summed E-state index contributed by atoms with van der Waals surface area (Å²) in [5, 5.41) is 0.314. The zero-order valence-electron chi connectivity index (χ0n) is 6.07. The largest absolute Gasteiger partial charge is 0.394 e. The predicted molar refractivity (Wildman–Crippen MR) is 42.6 cm³/mol. The first-order valence-corrected chi connectivity index (χ1v) is 3.40. The Kier molecular flexibility index (Phi) is 1.30. The van der Waals surface area contributed by atoms with Crippen LogP contribution in [0.5, 0.6) is 0 Å². The van der Waals surface area contributed by atoms with Crippen LogP contribution in [0, 0.1) is 11.6 Å². The summed E-state index contributed by atoms with van der Waals surface area (Å²) in [6.07, 6.45) is 1.53. The van der Waals surface area contributed by atoms with Crippen molar-refractivity contribution in [2.24, 2.45) is 0 Å². The number of anilines is 1. The number of hydrogen-bond acceptors (Lipinski definition) is 1.